The molecule has 6 heteroatoms. The van der Waals surface area contributed by atoms with Gasteiger partial charge in [0, 0.05) is 25.2 Å². The summed E-state index contributed by atoms with van der Waals surface area (Å²) < 4.78 is 26.7. The molecule has 0 amide bonds. The SMILES string of the molecule is Cc1ccc(S(=O)(=O)N2CC(C)NCC2C)cc1.Cl. The van der Waals surface area contributed by atoms with Gasteiger partial charge in [-0.15, -0.1) is 12.4 Å². The Balaban J connectivity index is 0.00000180. The van der Waals surface area contributed by atoms with E-state index in [1.807, 2.05) is 32.9 Å². The van der Waals surface area contributed by atoms with Gasteiger partial charge in [-0.3, -0.25) is 0 Å². The minimum Gasteiger partial charge on any atom is -0.311 e. The van der Waals surface area contributed by atoms with Crippen LogP contribution in [0.25, 0.3) is 0 Å². The van der Waals surface area contributed by atoms with Crippen molar-refractivity contribution in [2.45, 2.75) is 37.8 Å². The Bertz CT molecular complexity index is 516. The van der Waals surface area contributed by atoms with Crippen molar-refractivity contribution in [3.05, 3.63) is 29.8 Å². The first kappa shape index (κ1) is 16.4. The number of hydrogen-bond donors (Lipinski definition) is 1. The number of piperazine rings is 1. The first-order chi connectivity index (χ1) is 8.41. The third-order valence-electron chi connectivity index (χ3n) is 3.33. The minimum atomic E-state index is -3.37. The lowest BCUT2D eigenvalue weighted by molar-refractivity contribution is 0.244. The molecule has 1 N–H and O–H groups in total. The van der Waals surface area contributed by atoms with Crippen molar-refractivity contribution in [3.63, 3.8) is 0 Å². The first-order valence-corrected chi connectivity index (χ1v) is 7.67. The van der Waals surface area contributed by atoms with E-state index >= 15 is 0 Å². The first-order valence-electron chi connectivity index (χ1n) is 6.23. The molecule has 1 heterocycles. The quantitative estimate of drug-likeness (QED) is 0.906. The fraction of sp³-hybridized carbons (Fsp3) is 0.538. The molecule has 0 radical (unpaired) electrons. The lowest BCUT2D eigenvalue weighted by atomic mass is 10.2. The lowest BCUT2D eigenvalue weighted by Crippen LogP contribution is -2.56. The topological polar surface area (TPSA) is 49.4 Å². The number of aryl methyl sites for hydroxylation is 1. The van der Waals surface area contributed by atoms with Crippen LogP contribution in [0.4, 0.5) is 0 Å². The van der Waals surface area contributed by atoms with E-state index in [1.165, 1.54) is 0 Å². The second kappa shape index (κ2) is 6.22. The number of nitrogens with one attached hydrogen (secondary N) is 1. The van der Waals surface area contributed by atoms with E-state index in [0.717, 1.165) is 5.56 Å². The number of benzene rings is 1. The maximum absolute atomic E-state index is 12.6. The number of rotatable bonds is 2. The number of hydrogen-bond acceptors (Lipinski definition) is 3. The average molecular weight is 305 g/mol. The highest BCUT2D eigenvalue weighted by atomic mass is 35.5. The van der Waals surface area contributed by atoms with Gasteiger partial charge in [-0.05, 0) is 32.9 Å². The van der Waals surface area contributed by atoms with E-state index in [4.69, 9.17) is 0 Å². The van der Waals surface area contributed by atoms with Crippen LogP contribution in [0.15, 0.2) is 29.2 Å². The predicted octanol–water partition coefficient (Wildman–Crippen LogP) is 1.79. The van der Waals surface area contributed by atoms with Gasteiger partial charge in [-0.2, -0.15) is 4.31 Å². The van der Waals surface area contributed by atoms with Gasteiger partial charge in [0.25, 0.3) is 0 Å². The summed E-state index contributed by atoms with van der Waals surface area (Å²) in [5, 5.41) is 3.29. The van der Waals surface area contributed by atoms with Gasteiger partial charge in [0.05, 0.1) is 4.90 Å². The molecule has 0 aliphatic carbocycles. The van der Waals surface area contributed by atoms with E-state index in [9.17, 15) is 8.42 Å². The van der Waals surface area contributed by atoms with Gasteiger partial charge < -0.3 is 5.32 Å². The molecule has 0 aromatic heterocycles. The molecule has 1 aliphatic heterocycles. The van der Waals surface area contributed by atoms with E-state index < -0.39 is 10.0 Å². The molecule has 1 aliphatic rings. The molecule has 19 heavy (non-hydrogen) atoms. The Morgan fingerprint density at radius 3 is 2.37 bits per heavy atom. The van der Waals surface area contributed by atoms with E-state index in [0.29, 0.717) is 18.0 Å². The number of sulfonamides is 1. The molecule has 2 unspecified atom stereocenters. The molecule has 1 aromatic carbocycles. The van der Waals surface area contributed by atoms with Crippen LogP contribution in [0.5, 0.6) is 0 Å². The number of nitrogens with zero attached hydrogens (tertiary/aromatic N) is 1. The van der Waals surface area contributed by atoms with Gasteiger partial charge in [0.15, 0.2) is 0 Å². The Morgan fingerprint density at radius 2 is 1.79 bits per heavy atom. The average Bonchev–Trinajstić information content (AvgIpc) is 2.32. The molecule has 0 bridgehead atoms. The lowest BCUT2D eigenvalue weighted by Gasteiger charge is -2.36. The third kappa shape index (κ3) is 3.48. The predicted molar refractivity (Wildman–Crippen MR) is 79.2 cm³/mol. The highest BCUT2D eigenvalue weighted by Crippen LogP contribution is 2.20. The standard InChI is InChI=1S/C13H20N2O2S.ClH/c1-10-4-6-13(7-5-10)18(16,17)15-9-11(2)14-8-12(15)3;/h4-7,11-12,14H,8-9H2,1-3H3;1H. The Morgan fingerprint density at radius 1 is 1.21 bits per heavy atom. The van der Waals surface area contributed by atoms with Gasteiger partial charge >= 0.3 is 0 Å². The molecule has 2 rings (SSSR count). The molecular weight excluding hydrogens is 284 g/mol. The Hall–Kier alpha value is -0.620. The van der Waals surface area contributed by atoms with Crippen LogP contribution in [0, 0.1) is 6.92 Å². The number of halogens is 1. The molecule has 4 nitrogen and oxygen atoms in total. The summed E-state index contributed by atoms with van der Waals surface area (Å²) in [5.41, 5.74) is 1.07. The van der Waals surface area contributed by atoms with Gasteiger partial charge in [-0.1, -0.05) is 17.7 Å². The fourth-order valence-corrected chi connectivity index (χ4v) is 3.89. The van der Waals surface area contributed by atoms with Crippen LogP contribution in [-0.4, -0.2) is 37.9 Å². The maximum Gasteiger partial charge on any atom is 0.243 e. The monoisotopic (exact) mass is 304 g/mol. The molecule has 0 saturated carbocycles. The van der Waals surface area contributed by atoms with Crippen LogP contribution in [-0.2, 0) is 10.0 Å². The normalized spacial score (nSPS) is 24.8. The zero-order valence-electron chi connectivity index (χ0n) is 11.5. The van der Waals surface area contributed by atoms with Gasteiger partial charge in [0.1, 0.15) is 0 Å². The van der Waals surface area contributed by atoms with Crippen LogP contribution < -0.4 is 5.32 Å². The summed E-state index contributed by atoms with van der Waals surface area (Å²) >= 11 is 0. The molecule has 1 aromatic rings. The fourth-order valence-electron chi connectivity index (χ4n) is 2.17. The third-order valence-corrected chi connectivity index (χ3v) is 5.33. The van der Waals surface area contributed by atoms with E-state index in [-0.39, 0.29) is 24.5 Å². The largest absolute Gasteiger partial charge is 0.311 e. The Labute approximate surface area is 121 Å². The highest BCUT2D eigenvalue weighted by Gasteiger charge is 2.33. The van der Waals surface area contributed by atoms with Crippen molar-refractivity contribution in [2.24, 2.45) is 0 Å². The molecular formula is C13H21ClN2O2S. The van der Waals surface area contributed by atoms with E-state index in [1.54, 1.807) is 16.4 Å². The summed E-state index contributed by atoms with van der Waals surface area (Å²) in [6, 6.07) is 7.23. The zero-order valence-corrected chi connectivity index (χ0v) is 13.1. The second-order valence-electron chi connectivity index (χ2n) is 5.05. The van der Waals surface area contributed by atoms with Crippen LogP contribution in [0.3, 0.4) is 0 Å². The zero-order chi connectivity index (χ0) is 13.3. The smallest absolute Gasteiger partial charge is 0.243 e. The highest BCUT2D eigenvalue weighted by molar-refractivity contribution is 7.89. The second-order valence-corrected chi connectivity index (χ2v) is 6.94. The summed E-state index contributed by atoms with van der Waals surface area (Å²) in [4.78, 5) is 0.383. The van der Waals surface area contributed by atoms with Crippen molar-refractivity contribution < 1.29 is 8.42 Å². The van der Waals surface area contributed by atoms with E-state index in [2.05, 4.69) is 5.32 Å². The van der Waals surface area contributed by atoms with Crippen LogP contribution in [0.1, 0.15) is 19.4 Å². The van der Waals surface area contributed by atoms with Gasteiger partial charge in [0.2, 0.25) is 10.0 Å². The van der Waals surface area contributed by atoms with Crippen molar-refractivity contribution >= 4 is 22.4 Å². The van der Waals surface area contributed by atoms with Crippen LogP contribution >= 0.6 is 12.4 Å². The summed E-state index contributed by atoms with van der Waals surface area (Å²) in [6.45, 7) is 7.11. The summed E-state index contributed by atoms with van der Waals surface area (Å²) in [5.74, 6) is 0. The maximum atomic E-state index is 12.6. The molecule has 0 spiro atoms. The van der Waals surface area contributed by atoms with Crippen molar-refractivity contribution in [1.82, 2.24) is 9.62 Å². The van der Waals surface area contributed by atoms with Crippen molar-refractivity contribution in [3.8, 4) is 0 Å². The summed E-state index contributed by atoms with van der Waals surface area (Å²) in [6.07, 6.45) is 0. The Kier molecular flexibility index (Phi) is 5.38. The van der Waals surface area contributed by atoms with Crippen molar-refractivity contribution in [1.29, 1.82) is 0 Å². The van der Waals surface area contributed by atoms with Crippen LogP contribution in [0.2, 0.25) is 0 Å². The molecule has 108 valence electrons. The molecule has 2 atom stereocenters. The molecule has 1 fully saturated rings. The van der Waals surface area contributed by atoms with Gasteiger partial charge in [-0.25, -0.2) is 8.42 Å². The summed E-state index contributed by atoms with van der Waals surface area (Å²) in [7, 11) is -3.37. The molecule has 1 saturated heterocycles. The van der Waals surface area contributed by atoms with Crippen molar-refractivity contribution in [2.75, 3.05) is 13.1 Å². The minimum absolute atomic E-state index is 0.